The van der Waals surface area contributed by atoms with Gasteiger partial charge in [0.25, 0.3) is 0 Å². The van der Waals surface area contributed by atoms with Crippen molar-refractivity contribution in [2.75, 3.05) is 7.05 Å². The number of hydrogen-bond donors (Lipinski definition) is 1. The zero-order valence-corrected chi connectivity index (χ0v) is 6.19. The summed E-state index contributed by atoms with van der Waals surface area (Å²) in [5.74, 6) is 0. The third-order valence-corrected chi connectivity index (χ3v) is 1.50. The Hall–Kier alpha value is -0.400. The molecule has 0 bridgehead atoms. The highest BCUT2D eigenvalue weighted by molar-refractivity contribution is 4.51. The van der Waals surface area contributed by atoms with Crippen LogP contribution < -0.4 is 0 Å². The van der Waals surface area contributed by atoms with E-state index in [1.807, 2.05) is 0 Å². The second-order valence-corrected chi connectivity index (χ2v) is 2.34. The zero-order chi connectivity index (χ0) is 6.95. The molecule has 1 aliphatic rings. The summed E-state index contributed by atoms with van der Waals surface area (Å²) < 4.78 is 0. The monoisotopic (exact) mass is 128 g/mol. The first kappa shape index (κ1) is 8.60. The lowest BCUT2D eigenvalue weighted by atomic mass is 10.0. The molecular weight excluding hydrogens is 112 g/mol. The van der Waals surface area contributed by atoms with Crippen LogP contribution in [0.2, 0.25) is 0 Å². The summed E-state index contributed by atoms with van der Waals surface area (Å²) in [7, 11) is 1.42. The van der Waals surface area contributed by atoms with E-state index in [-0.39, 0.29) is 0 Å². The van der Waals surface area contributed by atoms with Crippen LogP contribution in [0.5, 0.6) is 0 Å². The molecule has 0 aromatic rings. The third kappa shape index (κ3) is 7.60. The molecule has 0 aromatic carbocycles. The van der Waals surface area contributed by atoms with Gasteiger partial charge in [0.2, 0.25) is 0 Å². The molecule has 2 heteroatoms. The largest absolute Gasteiger partial charge is 0.210 e. The molecule has 2 nitrogen and oxygen atoms in total. The Morgan fingerprint density at radius 2 is 1.00 bits per heavy atom. The number of hydrogen-bond acceptors (Lipinski definition) is 2. The fourth-order valence-corrected chi connectivity index (χ4v) is 1.06. The minimum Gasteiger partial charge on any atom is -0.210 e. The van der Waals surface area contributed by atoms with Crippen LogP contribution in [0.25, 0.3) is 0 Å². The first-order chi connectivity index (χ1) is 4.41. The maximum Gasteiger partial charge on any atom is 0.0485 e. The van der Waals surface area contributed by atoms with E-state index in [0.717, 1.165) is 0 Å². The minimum atomic E-state index is 1.42. The predicted molar refractivity (Wildman–Crippen MR) is 38.8 cm³/mol. The van der Waals surface area contributed by atoms with Crippen LogP contribution in [-0.4, -0.2) is 7.05 Å². The Kier molecular flexibility index (Phi) is 7.26. The SMILES string of the molecule is C1CCCCC1.CN=N. The number of nitrogens with zero attached hydrogens (tertiary/aromatic N) is 1. The van der Waals surface area contributed by atoms with E-state index in [9.17, 15) is 0 Å². The van der Waals surface area contributed by atoms with Gasteiger partial charge in [-0.2, -0.15) is 0 Å². The molecule has 0 radical (unpaired) electrons. The molecule has 0 aliphatic heterocycles. The molecular formula is C7H16N2. The Bertz CT molecular complexity index is 46.4. The molecule has 0 amide bonds. The Morgan fingerprint density at radius 3 is 1.11 bits per heavy atom. The van der Waals surface area contributed by atoms with E-state index >= 15 is 0 Å². The average molecular weight is 128 g/mol. The summed E-state index contributed by atoms with van der Waals surface area (Å²) in [6.45, 7) is 0. The van der Waals surface area contributed by atoms with Crippen molar-refractivity contribution in [3.63, 3.8) is 0 Å². The molecule has 0 aromatic heterocycles. The summed E-state index contributed by atoms with van der Waals surface area (Å²) in [6.07, 6.45) is 9.00. The molecule has 54 valence electrons. The first-order valence-corrected chi connectivity index (χ1v) is 3.67. The Labute approximate surface area is 57.2 Å². The van der Waals surface area contributed by atoms with Crippen molar-refractivity contribution < 1.29 is 0 Å². The summed E-state index contributed by atoms with van der Waals surface area (Å²) in [4.78, 5) is 0. The van der Waals surface area contributed by atoms with Gasteiger partial charge in [0.1, 0.15) is 0 Å². The summed E-state index contributed by atoms with van der Waals surface area (Å²) in [5, 5.41) is 2.75. The maximum absolute atomic E-state index is 5.83. The van der Waals surface area contributed by atoms with Gasteiger partial charge < -0.3 is 0 Å². The Balaban J connectivity index is 0.000000187. The first-order valence-electron chi connectivity index (χ1n) is 3.67. The van der Waals surface area contributed by atoms with Crippen LogP contribution >= 0.6 is 0 Å². The van der Waals surface area contributed by atoms with Crippen molar-refractivity contribution in [1.29, 1.82) is 5.53 Å². The fourth-order valence-electron chi connectivity index (χ4n) is 1.06. The van der Waals surface area contributed by atoms with Crippen molar-refractivity contribution in [2.45, 2.75) is 38.5 Å². The van der Waals surface area contributed by atoms with Gasteiger partial charge in [0.05, 0.1) is 0 Å². The highest BCUT2D eigenvalue weighted by Gasteiger charge is 1.95. The molecule has 1 rings (SSSR count). The smallest absolute Gasteiger partial charge is 0.0485 e. The van der Waals surface area contributed by atoms with Crippen LogP contribution in [0, 0.1) is 5.53 Å². The number of nitrogens with one attached hydrogen (secondary N) is 1. The van der Waals surface area contributed by atoms with E-state index in [1.54, 1.807) is 0 Å². The molecule has 1 saturated carbocycles. The van der Waals surface area contributed by atoms with Crippen molar-refractivity contribution in [3.8, 4) is 0 Å². The van der Waals surface area contributed by atoms with Gasteiger partial charge in [-0.3, -0.25) is 0 Å². The van der Waals surface area contributed by atoms with E-state index in [1.165, 1.54) is 45.6 Å². The van der Waals surface area contributed by atoms with Gasteiger partial charge in [-0.25, -0.2) is 10.6 Å². The van der Waals surface area contributed by atoms with Gasteiger partial charge in [-0.05, 0) is 0 Å². The second kappa shape index (κ2) is 7.60. The van der Waals surface area contributed by atoms with E-state index in [4.69, 9.17) is 5.53 Å². The Morgan fingerprint density at radius 1 is 0.889 bits per heavy atom. The van der Waals surface area contributed by atoms with Crippen molar-refractivity contribution >= 4 is 0 Å². The second-order valence-electron chi connectivity index (χ2n) is 2.34. The van der Waals surface area contributed by atoms with E-state index in [0.29, 0.717) is 0 Å². The zero-order valence-electron chi connectivity index (χ0n) is 6.19. The van der Waals surface area contributed by atoms with Crippen LogP contribution in [-0.2, 0) is 0 Å². The van der Waals surface area contributed by atoms with Gasteiger partial charge in [-0.1, -0.05) is 38.5 Å². The molecule has 0 spiro atoms. The van der Waals surface area contributed by atoms with Gasteiger partial charge in [0.15, 0.2) is 0 Å². The van der Waals surface area contributed by atoms with Gasteiger partial charge in [0, 0.05) is 7.05 Å². The average Bonchev–Trinajstić information content (AvgIpc) is 1.93. The van der Waals surface area contributed by atoms with Gasteiger partial charge >= 0.3 is 0 Å². The lowest BCUT2D eigenvalue weighted by Crippen LogP contribution is -1.85. The standard InChI is InChI=1S/C6H12.CH4N2/c1-2-4-6-5-3-1;1-3-2/h1-6H2;2H,1H3. The lowest BCUT2D eigenvalue weighted by Gasteiger charge is -2.05. The van der Waals surface area contributed by atoms with Crippen LogP contribution in [0.15, 0.2) is 5.11 Å². The van der Waals surface area contributed by atoms with Crippen LogP contribution in [0.1, 0.15) is 38.5 Å². The lowest BCUT2D eigenvalue weighted by molar-refractivity contribution is 0.504. The predicted octanol–water partition coefficient (Wildman–Crippen LogP) is 2.99. The number of rotatable bonds is 0. The minimum absolute atomic E-state index is 1.42. The summed E-state index contributed by atoms with van der Waals surface area (Å²) in [5.41, 5.74) is 5.83. The molecule has 0 saturated heterocycles. The fraction of sp³-hybridized carbons (Fsp3) is 1.00. The van der Waals surface area contributed by atoms with Crippen LogP contribution in [0.4, 0.5) is 0 Å². The summed E-state index contributed by atoms with van der Waals surface area (Å²) >= 11 is 0. The van der Waals surface area contributed by atoms with Gasteiger partial charge in [-0.15, -0.1) is 0 Å². The molecule has 1 fully saturated rings. The van der Waals surface area contributed by atoms with Crippen molar-refractivity contribution in [1.82, 2.24) is 0 Å². The quantitative estimate of drug-likeness (QED) is 0.487. The molecule has 1 N–H and O–H groups in total. The molecule has 9 heavy (non-hydrogen) atoms. The molecule has 0 heterocycles. The highest BCUT2D eigenvalue weighted by Crippen LogP contribution is 2.15. The normalized spacial score (nSPS) is 17.4. The van der Waals surface area contributed by atoms with E-state index < -0.39 is 0 Å². The van der Waals surface area contributed by atoms with Crippen molar-refractivity contribution in [2.24, 2.45) is 5.11 Å². The highest BCUT2D eigenvalue weighted by atomic mass is 14.9. The maximum atomic E-state index is 5.83. The molecule has 0 atom stereocenters. The third-order valence-electron chi connectivity index (χ3n) is 1.50. The molecule has 1 aliphatic carbocycles. The topological polar surface area (TPSA) is 36.2 Å². The van der Waals surface area contributed by atoms with E-state index in [2.05, 4.69) is 5.11 Å². The van der Waals surface area contributed by atoms with Crippen LogP contribution in [0.3, 0.4) is 0 Å². The summed E-state index contributed by atoms with van der Waals surface area (Å²) in [6, 6.07) is 0. The molecule has 0 unspecified atom stereocenters. The van der Waals surface area contributed by atoms with Crippen molar-refractivity contribution in [3.05, 3.63) is 0 Å².